The number of nitrogens with two attached hydrogens (primary N) is 1. The number of fused-ring (bicyclic) bond motifs is 2. The van der Waals surface area contributed by atoms with Gasteiger partial charge in [0.2, 0.25) is 5.91 Å². The summed E-state index contributed by atoms with van der Waals surface area (Å²) in [6.45, 7) is 10.3. The number of amides is 1. The third-order valence-corrected chi connectivity index (χ3v) is 7.98. The maximum Gasteiger partial charge on any atom is 0.336 e. The number of nitrogens with zero attached hydrogens (tertiary/aromatic N) is 3. The first-order valence-electron chi connectivity index (χ1n) is 11.9. The fourth-order valence-corrected chi connectivity index (χ4v) is 5.09. The van der Waals surface area contributed by atoms with Crippen molar-refractivity contribution in [2.24, 2.45) is 11.7 Å². The zero-order chi connectivity index (χ0) is 24.5. The molecule has 1 amide bonds. The fourth-order valence-electron chi connectivity index (χ4n) is 4.33. The molecule has 0 saturated heterocycles. The molecule has 4 rings (SSSR count). The molecule has 0 radical (unpaired) electrons. The Balaban J connectivity index is 1.81. The number of pyridine rings is 1. The zero-order valence-corrected chi connectivity index (χ0v) is 21.4. The molecule has 1 aliphatic heterocycles. The molecule has 2 aromatic rings. The van der Waals surface area contributed by atoms with E-state index in [-0.39, 0.29) is 24.6 Å². The monoisotopic (exact) mass is 485 g/mol. The fraction of sp³-hybridized carbons (Fsp3) is 0.542. The van der Waals surface area contributed by atoms with E-state index in [0.717, 1.165) is 18.9 Å². The minimum Gasteiger partial charge on any atom is -0.488 e. The summed E-state index contributed by atoms with van der Waals surface area (Å²) >= 11 is 0. The van der Waals surface area contributed by atoms with Crippen LogP contribution in [0.1, 0.15) is 19.8 Å². The van der Waals surface area contributed by atoms with Gasteiger partial charge >= 0.3 is 5.69 Å². The Bertz CT molecular complexity index is 1180. The molecule has 9 nitrogen and oxygen atoms in total. The lowest BCUT2D eigenvalue weighted by atomic mass is 9.92. The summed E-state index contributed by atoms with van der Waals surface area (Å²) in [7, 11) is -1.25. The van der Waals surface area contributed by atoms with Gasteiger partial charge in [-0.1, -0.05) is 25.7 Å². The summed E-state index contributed by atoms with van der Waals surface area (Å²) in [6, 6.07) is 2.51. The molecule has 34 heavy (non-hydrogen) atoms. The van der Waals surface area contributed by atoms with Gasteiger partial charge in [-0.2, -0.15) is 0 Å². The highest BCUT2D eigenvalue weighted by Gasteiger charge is 2.29. The second-order valence-corrected chi connectivity index (χ2v) is 15.9. The van der Waals surface area contributed by atoms with Crippen molar-refractivity contribution in [1.82, 2.24) is 19.4 Å². The maximum atomic E-state index is 13.7. The minimum absolute atomic E-state index is 0.0528. The number of rotatable bonds is 6. The molecule has 0 saturated carbocycles. The normalized spacial score (nSPS) is 23.1. The number of hydrogen-bond acceptors (Lipinski definition) is 6. The second-order valence-electron chi connectivity index (χ2n) is 10.3. The second kappa shape index (κ2) is 9.89. The summed E-state index contributed by atoms with van der Waals surface area (Å²) in [5.74, 6) is -0.278. The smallest absolute Gasteiger partial charge is 0.336 e. The topological polar surface area (TPSA) is 113 Å². The van der Waals surface area contributed by atoms with Crippen LogP contribution in [0.15, 0.2) is 35.3 Å². The van der Waals surface area contributed by atoms with Gasteiger partial charge in [0.05, 0.1) is 12.0 Å². The molecular weight excluding hydrogens is 450 g/mol. The summed E-state index contributed by atoms with van der Waals surface area (Å²) in [5.41, 5.74) is 7.15. The summed E-state index contributed by atoms with van der Waals surface area (Å²) in [4.78, 5) is 30.3. The van der Waals surface area contributed by atoms with E-state index in [4.69, 9.17) is 15.2 Å². The van der Waals surface area contributed by atoms with E-state index in [0.29, 0.717) is 35.8 Å². The first kappa shape index (κ1) is 24.4. The number of primary amides is 1. The Kier molecular flexibility index (Phi) is 7.11. The first-order valence-corrected chi connectivity index (χ1v) is 15.6. The molecule has 0 aromatic carbocycles. The number of carbonyl (C=O) groups excluding carboxylic acids is 1. The highest BCUT2D eigenvalue weighted by Crippen LogP contribution is 2.30. The number of imidazole rings is 1. The number of hydrogen-bond donors (Lipinski definition) is 2. The van der Waals surface area contributed by atoms with E-state index in [2.05, 4.69) is 29.9 Å². The molecule has 3 atom stereocenters. The van der Waals surface area contributed by atoms with Crippen molar-refractivity contribution in [2.45, 2.75) is 64.3 Å². The van der Waals surface area contributed by atoms with Crippen LogP contribution in [0, 0.1) is 5.92 Å². The van der Waals surface area contributed by atoms with Crippen LogP contribution in [0.4, 0.5) is 0 Å². The van der Waals surface area contributed by atoms with Crippen molar-refractivity contribution in [3.63, 3.8) is 0 Å². The van der Waals surface area contributed by atoms with Crippen LogP contribution >= 0.6 is 0 Å². The Morgan fingerprint density at radius 3 is 2.91 bits per heavy atom. The summed E-state index contributed by atoms with van der Waals surface area (Å²) < 4.78 is 15.4. The van der Waals surface area contributed by atoms with Crippen LogP contribution in [0.5, 0.6) is 5.75 Å². The molecule has 10 heteroatoms. The lowest BCUT2D eigenvalue weighted by Crippen LogP contribution is -2.43. The predicted octanol–water partition coefficient (Wildman–Crippen LogP) is 2.54. The Hall–Kier alpha value is -2.69. The van der Waals surface area contributed by atoms with Crippen molar-refractivity contribution in [1.29, 1.82) is 0 Å². The van der Waals surface area contributed by atoms with Crippen molar-refractivity contribution in [3.05, 3.63) is 41.0 Å². The van der Waals surface area contributed by atoms with Gasteiger partial charge in [0.15, 0.2) is 5.65 Å². The molecule has 0 spiro atoms. The lowest BCUT2D eigenvalue weighted by molar-refractivity contribution is -0.120. The standard InChI is InChI=1S/C24H35N5O4Si/c1-16-6-5-10-26-19-14-17(7-8-18(19)22(25)30)29-21-20(33-16)9-11-27-23(21)28(24(29)31)15-32-12-13-34(2,3)4/h7-9,11,14,16,18-19,26H,5-6,10,12-13,15H2,1-4H3,(H2,25,30). The quantitative estimate of drug-likeness (QED) is 0.480. The Morgan fingerprint density at radius 1 is 1.38 bits per heavy atom. The minimum atomic E-state index is -1.25. The summed E-state index contributed by atoms with van der Waals surface area (Å²) in [6.07, 6.45) is 8.75. The van der Waals surface area contributed by atoms with Gasteiger partial charge in [-0.25, -0.2) is 9.78 Å². The van der Waals surface area contributed by atoms with E-state index in [1.165, 1.54) is 0 Å². The highest BCUT2D eigenvalue weighted by atomic mass is 28.3. The average Bonchev–Trinajstić information content (AvgIpc) is 3.05. The molecule has 0 fully saturated rings. The molecule has 3 unspecified atom stereocenters. The zero-order valence-electron chi connectivity index (χ0n) is 20.4. The van der Waals surface area contributed by atoms with Gasteiger partial charge in [-0.15, -0.1) is 0 Å². The highest BCUT2D eigenvalue weighted by molar-refractivity contribution is 6.76. The number of aromatic nitrogens is 3. The first-order chi connectivity index (χ1) is 16.2. The lowest BCUT2D eigenvalue weighted by Gasteiger charge is -2.26. The van der Waals surface area contributed by atoms with Crippen LogP contribution in [0.2, 0.25) is 25.7 Å². The predicted molar refractivity (Wildman–Crippen MR) is 135 cm³/mol. The largest absolute Gasteiger partial charge is 0.488 e. The third kappa shape index (κ3) is 5.18. The van der Waals surface area contributed by atoms with Gasteiger partial charge in [0.25, 0.3) is 0 Å². The molecule has 2 aliphatic rings. The van der Waals surface area contributed by atoms with Crippen LogP contribution < -0.4 is 21.5 Å². The van der Waals surface area contributed by atoms with Gasteiger partial charge in [0.1, 0.15) is 18.0 Å². The number of ether oxygens (including phenoxy) is 2. The molecule has 3 heterocycles. The van der Waals surface area contributed by atoms with Crippen LogP contribution in [-0.4, -0.2) is 53.4 Å². The summed E-state index contributed by atoms with van der Waals surface area (Å²) in [5, 5.41) is 3.42. The van der Waals surface area contributed by atoms with Crippen molar-refractivity contribution >= 4 is 30.8 Å². The SMILES string of the molecule is CC1CCCNC2C=C(C=CC2C(N)=O)n2c(=O)n(COCC[Si](C)(C)C)c3nccc(c32)O1. The third-order valence-electron chi connectivity index (χ3n) is 6.28. The van der Waals surface area contributed by atoms with E-state index in [9.17, 15) is 9.59 Å². The molecule has 184 valence electrons. The molecular formula is C24H35N5O4Si. The van der Waals surface area contributed by atoms with Crippen LogP contribution in [0.3, 0.4) is 0 Å². The van der Waals surface area contributed by atoms with Crippen LogP contribution in [-0.2, 0) is 16.3 Å². The average molecular weight is 486 g/mol. The van der Waals surface area contributed by atoms with E-state index >= 15 is 0 Å². The van der Waals surface area contributed by atoms with E-state index < -0.39 is 19.9 Å². The number of carbonyl (C=O) groups is 1. The van der Waals surface area contributed by atoms with E-state index in [1.807, 2.05) is 13.0 Å². The van der Waals surface area contributed by atoms with Gasteiger partial charge < -0.3 is 20.5 Å². The Labute approximate surface area is 200 Å². The number of nitrogens with one attached hydrogen (secondary N) is 1. The Morgan fingerprint density at radius 2 is 2.18 bits per heavy atom. The molecule has 1 aliphatic carbocycles. The van der Waals surface area contributed by atoms with Crippen LogP contribution in [0.25, 0.3) is 16.9 Å². The van der Waals surface area contributed by atoms with Gasteiger partial charge in [0, 0.05) is 38.7 Å². The molecule has 2 bridgehead atoms. The number of allylic oxidation sites excluding steroid dienone is 2. The van der Waals surface area contributed by atoms with Gasteiger partial charge in [-0.3, -0.25) is 13.9 Å². The van der Waals surface area contributed by atoms with Crippen molar-refractivity contribution in [2.75, 3.05) is 13.2 Å². The van der Waals surface area contributed by atoms with Gasteiger partial charge in [-0.05, 0) is 44.5 Å². The van der Waals surface area contributed by atoms with Crippen molar-refractivity contribution < 1.29 is 14.3 Å². The molecule has 3 N–H and O–H groups in total. The van der Waals surface area contributed by atoms with E-state index in [1.54, 1.807) is 33.5 Å². The van der Waals surface area contributed by atoms with Crippen molar-refractivity contribution in [3.8, 4) is 5.75 Å². The molecule has 2 aromatic heterocycles. The maximum absolute atomic E-state index is 13.7.